The standard InChI is InChI=1S/C14H20ClNO2/c15-13-7-2-1-6-12(13)14(17)10-16-9-11-5-3-4-8-18-11/h1-2,6-7,11,14,16-17H,3-5,8-10H2. The van der Waals surface area contributed by atoms with Crippen molar-refractivity contribution in [3.8, 4) is 0 Å². The lowest BCUT2D eigenvalue weighted by Gasteiger charge is -2.23. The van der Waals surface area contributed by atoms with E-state index in [0.29, 0.717) is 11.6 Å². The number of aliphatic hydroxyl groups excluding tert-OH is 1. The molecule has 2 rings (SSSR count). The smallest absolute Gasteiger partial charge is 0.0928 e. The van der Waals surface area contributed by atoms with Crippen molar-refractivity contribution in [3.63, 3.8) is 0 Å². The third-order valence-corrected chi connectivity index (χ3v) is 3.59. The van der Waals surface area contributed by atoms with Crippen molar-refractivity contribution in [3.05, 3.63) is 34.9 Å². The molecule has 0 radical (unpaired) electrons. The molecule has 0 amide bonds. The molecule has 2 unspecified atom stereocenters. The van der Waals surface area contributed by atoms with Gasteiger partial charge in [-0.15, -0.1) is 0 Å². The fourth-order valence-electron chi connectivity index (χ4n) is 2.20. The minimum Gasteiger partial charge on any atom is -0.387 e. The van der Waals surface area contributed by atoms with Gasteiger partial charge in [-0.2, -0.15) is 0 Å². The Kier molecular flexibility index (Phi) is 5.45. The fraction of sp³-hybridized carbons (Fsp3) is 0.571. The van der Waals surface area contributed by atoms with Gasteiger partial charge in [0.05, 0.1) is 12.2 Å². The van der Waals surface area contributed by atoms with Crippen LogP contribution in [0.5, 0.6) is 0 Å². The van der Waals surface area contributed by atoms with E-state index >= 15 is 0 Å². The predicted octanol–water partition coefficient (Wildman–Crippen LogP) is 2.53. The van der Waals surface area contributed by atoms with E-state index in [-0.39, 0.29) is 6.10 Å². The van der Waals surface area contributed by atoms with E-state index < -0.39 is 6.10 Å². The molecule has 100 valence electrons. The molecular formula is C14H20ClNO2. The molecule has 1 heterocycles. The Bertz CT molecular complexity index is 367. The van der Waals surface area contributed by atoms with Crippen molar-refractivity contribution in [1.29, 1.82) is 0 Å². The summed E-state index contributed by atoms with van der Waals surface area (Å²) in [6.07, 6.45) is 3.23. The van der Waals surface area contributed by atoms with E-state index in [9.17, 15) is 5.11 Å². The van der Waals surface area contributed by atoms with E-state index in [1.165, 1.54) is 12.8 Å². The molecule has 1 aliphatic heterocycles. The van der Waals surface area contributed by atoms with Gasteiger partial charge in [0.25, 0.3) is 0 Å². The topological polar surface area (TPSA) is 41.5 Å². The second kappa shape index (κ2) is 7.10. The Morgan fingerprint density at radius 2 is 2.22 bits per heavy atom. The molecule has 1 aromatic rings. The van der Waals surface area contributed by atoms with E-state index in [4.69, 9.17) is 16.3 Å². The quantitative estimate of drug-likeness (QED) is 0.863. The number of ether oxygens (including phenoxy) is 1. The molecule has 0 aliphatic carbocycles. The fourth-order valence-corrected chi connectivity index (χ4v) is 2.47. The highest BCUT2D eigenvalue weighted by atomic mass is 35.5. The maximum atomic E-state index is 10.0. The minimum atomic E-state index is -0.567. The van der Waals surface area contributed by atoms with Crippen LogP contribution in [-0.4, -0.2) is 30.9 Å². The second-order valence-corrected chi connectivity index (χ2v) is 5.09. The maximum absolute atomic E-state index is 10.0. The molecule has 0 aromatic heterocycles. The largest absolute Gasteiger partial charge is 0.387 e. The molecule has 0 spiro atoms. The van der Waals surface area contributed by atoms with Crippen LogP contribution < -0.4 is 5.32 Å². The Hall–Kier alpha value is -0.610. The van der Waals surface area contributed by atoms with E-state index in [1.807, 2.05) is 18.2 Å². The first-order chi connectivity index (χ1) is 8.77. The van der Waals surface area contributed by atoms with Crippen LogP contribution in [0, 0.1) is 0 Å². The molecule has 0 bridgehead atoms. The maximum Gasteiger partial charge on any atom is 0.0928 e. The third kappa shape index (κ3) is 3.95. The molecule has 18 heavy (non-hydrogen) atoms. The van der Waals surface area contributed by atoms with E-state index in [1.54, 1.807) is 6.07 Å². The first-order valence-electron chi connectivity index (χ1n) is 6.52. The molecule has 1 fully saturated rings. The Labute approximate surface area is 113 Å². The SMILES string of the molecule is OC(CNCC1CCCCO1)c1ccccc1Cl. The number of hydrogen-bond acceptors (Lipinski definition) is 3. The van der Waals surface area contributed by atoms with Gasteiger partial charge in [0.2, 0.25) is 0 Å². The van der Waals surface area contributed by atoms with Gasteiger partial charge in [-0.1, -0.05) is 29.8 Å². The number of halogens is 1. The van der Waals surface area contributed by atoms with E-state index in [0.717, 1.165) is 25.1 Å². The molecule has 3 nitrogen and oxygen atoms in total. The van der Waals surface area contributed by atoms with Gasteiger partial charge in [0, 0.05) is 30.3 Å². The molecule has 4 heteroatoms. The zero-order chi connectivity index (χ0) is 12.8. The minimum absolute atomic E-state index is 0.289. The van der Waals surface area contributed by atoms with Crippen LogP contribution >= 0.6 is 11.6 Å². The molecule has 1 aromatic carbocycles. The summed E-state index contributed by atoms with van der Waals surface area (Å²) < 4.78 is 5.62. The third-order valence-electron chi connectivity index (χ3n) is 3.25. The lowest BCUT2D eigenvalue weighted by molar-refractivity contribution is 0.0152. The van der Waals surface area contributed by atoms with Crippen LogP contribution in [-0.2, 0) is 4.74 Å². The van der Waals surface area contributed by atoms with Crippen molar-refractivity contribution in [2.24, 2.45) is 0 Å². The molecule has 2 N–H and O–H groups in total. The number of hydrogen-bond donors (Lipinski definition) is 2. The lowest BCUT2D eigenvalue weighted by Crippen LogP contribution is -2.34. The monoisotopic (exact) mass is 269 g/mol. The highest BCUT2D eigenvalue weighted by molar-refractivity contribution is 6.31. The Balaban J connectivity index is 1.74. The van der Waals surface area contributed by atoms with Gasteiger partial charge >= 0.3 is 0 Å². The second-order valence-electron chi connectivity index (χ2n) is 4.68. The Morgan fingerprint density at radius 3 is 2.94 bits per heavy atom. The normalized spacial score (nSPS) is 21.8. The molecule has 2 atom stereocenters. The molecular weight excluding hydrogens is 250 g/mol. The van der Waals surface area contributed by atoms with Gasteiger partial charge in [-0.3, -0.25) is 0 Å². The summed E-state index contributed by atoms with van der Waals surface area (Å²) in [5.74, 6) is 0. The van der Waals surface area contributed by atoms with Crippen molar-refractivity contribution >= 4 is 11.6 Å². The number of aliphatic hydroxyl groups is 1. The van der Waals surface area contributed by atoms with Crippen molar-refractivity contribution in [1.82, 2.24) is 5.32 Å². The molecule has 0 saturated carbocycles. The summed E-state index contributed by atoms with van der Waals surface area (Å²) in [6, 6.07) is 7.40. The number of benzene rings is 1. The average Bonchev–Trinajstić information content (AvgIpc) is 2.40. The zero-order valence-electron chi connectivity index (χ0n) is 10.4. The van der Waals surface area contributed by atoms with Gasteiger partial charge in [-0.05, 0) is 25.3 Å². The average molecular weight is 270 g/mol. The van der Waals surface area contributed by atoms with Crippen molar-refractivity contribution in [2.45, 2.75) is 31.5 Å². The predicted molar refractivity (Wildman–Crippen MR) is 72.9 cm³/mol. The van der Waals surface area contributed by atoms with Crippen LogP contribution in [0.25, 0.3) is 0 Å². The van der Waals surface area contributed by atoms with E-state index in [2.05, 4.69) is 5.32 Å². The first-order valence-corrected chi connectivity index (χ1v) is 6.90. The summed E-state index contributed by atoms with van der Waals surface area (Å²) in [4.78, 5) is 0. The highest BCUT2D eigenvalue weighted by Crippen LogP contribution is 2.21. The van der Waals surface area contributed by atoms with Crippen molar-refractivity contribution in [2.75, 3.05) is 19.7 Å². The summed E-state index contributed by atoms with van der Waals surface area (Å²) in [5.41, 5.74) is 0.774. The van der Waals surface area contributed by atoms with Crippen LogP contribution in [0.15, 0.2) is 24.3 Å². The van der Waals surface area contributed by atoms with Gasteiger partial charge in [-0.25, -0.2) is 0 Å². The van der Waals surface area contributed by atoms with Crippen LogP contribution in [0.3, 0.4) is 0 Å². The van der Waals surface area contributed by atoms with Crippen molar-refractivity contribution < 1.29 is 9.84 Å². The van der Waals surface area contributed by atoms with Crippen LogP contribution in [0.1, 0.15) is 30.9 Å². The summed E-state index contributed by atoms with van der Waals surface area (Å²) in [5, 5.41) is 13.9. The van der Waals surface area contributed by atoms with Gasteiger partial charge in [0.15, 0.2) is 0 Å². The summed E-state index contributed by atoms with van der Waals surface area (Å²) in [6.45, 7) is 2.16. The number of rotatable bonds is 5. The first kappa shape index (κ1) is 13.8. The molecule has 1 saturated heterocycles. The number of nitrogens with one attached hydrogen (secondary N) is 1. The lowest BCUT2D eigenvalue weighted by atomic mass is 10.1. The van der Waals surface area contributed by atoms with Gasteiger partial charge in [0.1, 0.15) is 0 Å². The summed E-state index contributed by atoms with van der Waals surface area (Å²) >= 11 is 6.03. The highest BCUT2D eigenvalue weighted by Gasteiger charge is 2.15. The van der Waals surface area contributed by atoms with Gasteiger partial charge < -0.3 is 15.2 Å². The van der Waals surface area contributed by atoms with Crippen LogP contribution in [0.4, 0.5) is 0 Å². The molecule has 1 aliphatic rings. The van der Waals surface area contributed by atoms with Crippen LogP contribution in [0.2, 0.25) is 5.02 Å². The summed E-state index contributed by atoms with van der Waals surface area (Å²) in [7, 11) is 0. The zero-order valence-corrected chi connectivity index (χ0v) is 11.2. The Morgan fingerprint density at radius 1 is 1.39 bits per heavy atom.